The van der Waals surface area contributed by atoms with Crippen molar-refractivity contribution in [1.82, 2.24) is 4.90 Å². The molecule has 13 heavy (non-hydrogen) atoms. The Bertz CT molecular complexity index is 225. The Labute approximate surface area is 84.1 Å². The van der Waals surface area contributed by atoms with Crippen molar-refractivity contribution in [3.05, 3.63) is 0 Å². The van der Waals surface area contributed by atoms with E-state index >= 15 is 0 Å². The van der Waals surface area contributed by atoms with Crippen molar-refractivity contribution in [3.63, 3.8) is 0 Å². The van der Waals surface area contributed by atoms with Gasteiger partial charge < -0.3 is 4.90 Å². The molecule has 0 aromatic carbocycles. The third-order valence-electron chi connectivity index (χ3n) is 3.52. The summed E-state index contributed by atoms with van der Waals surface area (Å²) in [5, 5.41) is 0. The van der Waals surface area contributed by atoms with Crippen molar-refractivity contribution in [2.45, 2.75) is 26.7 Å². The molecule has 0 N–H and O–H groups in total. The van der Waals surface area contributed by atoms with Crippen molar-refractivity contribution >= 4 is 17.7 Å². The minimum absolute atomic E-state index is 0.338. The number of rotatable bonds is 2. The van der Waals surface area contributed by atoms with Crippen LogP contribution in [0.3, 0.4) is 0 Å². The van der Waals surface area contributed by atoms with Gasteiger partial charge in [-0.3, -0.25) is 4.79 Å². The molecule has 1 heterocycles. The van der Waals surface area contributed by atoms with Gasteiger partial charge in [0.2, 0.25) is 5.91 Å². The number of nitrogens with zero attached hydrogens (tertiary/aromatic N) is 1. The van der Waals surface area contributed by atoms with Gasteiger partial charge in [0.15, 0.2) is 0 Å². The lowest BCUT2D eigenvalue weighted by Gasteiger charge is -2.16. The Kier molecular flexibility index (Phi) is 2.30. The first-order valence-electron chi connectivity index (χ1n) is 5.04. The zero-order valence-electron chi connectivity index (χ0n) is 8.38. The van der Waals surface area contributed by atoms with Crippen molar-refractivity contribution < 1.29 is 4.79 Å². The highest BCUT2D eigenvalue weighted by atomic mass is 32.2. The molecule has 0 spiro atoms. The molecule has 1 saturated heterocycles. The maximum atomic E-state index is 11.9. The van der Waals surface area contributed by atoms with Gasteiger partial charge >= 0.3 is 0 Å². The normalized spacial score (nSPS) is 38.0. The maximum Gasteiger partial charge on any atom is 0.226 e. The molecule has 2 unspecified atom stereocenters. The maximum absolute atomic E-state index is 11.9. The Morgan fingerprint density at radius 3 is 2.92 bits per heavy atom. The van der Waals surface area contributed by atoms with E-state index < -0.39 is 0 Å². The van der Waals surface area contributed by atoms with Crippen molar-refractivity contribution in [2.24, 2.45) is 11.3 Å². The van der Waals surface area contributed by atoms with Crippen LogP contribution in [0.25, 0.3) is 0 Å². The molecule has 0 bridgehead atoms. The van der Waals surface area contributed by atoms with Crippen LogP contribution in [0.15, 0.2) is 0 Å². The Hall–Kier alpha value is -0.180. The van der Waals surface area contributed by atoms with Crippen molar-refractivity contribution in [2.75, 3.05) is 18.2 Å². The predicted octanol–water partition coefficient (Wildman–Crippen LogP) is 1.96. The fourth-order valence-electron chi connectivity index (χ4n) is 1.99. The molecule has 2 fully saturated rings. The summed E-state index contributed by atoms with van der Waals surface area (Å²) in [6.45, 7) is 5.39. The molecule has 1 saturated carbocycles. The number of hydrogen-bond acceptors (Lipinski definition) is 2. The van der Waals surface area contributed by atoms with Gasteiger partial charge in [-0.1, -0.05) is 13.8 Å². The fourth-order valence-corrected chi connectivity index (χ4v) is 2.95. The fraction of sp³-hybridized carbons (Fsp3) is 0.900. The van der Waals surface area contributed by atoms with Gasteiger partial charge in [-0.15, -0.1) is 11.8 Å². The first-order chi connectivity index (χ1) is 6.17. The number of thioether (sulfide) groups is 1. The van der Waals surface area contributed by atoms with Crippen LogP contribution in [0.1, 0.15) is 26.7 Å². The third-order valence-corrected chi connectivity index (χ3v) is 4.49. The van der Waals surface area contributed by atoms with Crippen LogP contribution in [0.4, 0.5) is 0 Å². The molecular formula is C10H17NOS. The van der Waals surface area contributed by atoms with Crippen LogP contribution in [-0.4, -0.2) is 29.0 Å². The van der Waals surface area contributed by atoms with Gasteiger partial charge in [0.25, 0.3) is 0 Å². The minimum Gasteiger partial charge on any atom is -0.332 e. The van der Waals surface area contributed by atoms with Gasteiger partial charge in [0, 0.05) is 18.2 Å². The summed E-state index contributed by atoms with van der Waals surface area (Å²) in [6.07, 6.45) is 2.26. The van der Waals surface area contributed by atoms with Crippen molar-refractivity contribution in [3.8, 4) is 0 Å². The second-order valence-electron chi connectivity index (χ2n) is 4.40. The second kappa shape index (κ2) is 3.19. The van der Waals surface area contributed by atoms with Crippen LogP contribution < -0.4 is 0 Å². The molecule has 1 aliphatic heterocycles. The van der Waals surface area contributed by atoms with E-state index in [4.69, 9.17) is 0 Å². The van der Waals surface area contributed by atoms with Crippen LogP contribution >= 0.6 is 11.8 Å². The lowest BCUT2D eigenvalue weighted by molar-refractivity contribution is -0.131. The van der Waals surface area contributed by atoms with Crippen LogP contribution in [0.2, 0.25) is 0 Å². The molecule has 74 valence electrons. The van der Waals surface area contributed by atoms with Gasteiger partial charge in [-0.2, -0.15) is 0 Å². The highest BCUT2D eigenvalue weighted by Gasteiger charge is 2.54. The zero-order valence-corrected chi connectivity index (χ0v) is 9.19. The van der Waals surface area contributed by atoms with Crippen molar-refractivity contribution in [1.29, 1.82) is 0 Å². The first-order valence-corrected chi connectivity index (χ1v) is 6.19. The predicted molar refractivity (Wildman–Crippen MR) is 55.5 cm³/mol. The summed E-state index contributed by atoms with van der Waals surface area (Å²) in [7, 11) is 0. The number of hydrogen-bond donors (Lipinski definition) is 0. The number of carbonyl (C=O) groups is 1. The molecule has 2 aliphatic rings. The number of carbonyl (C=O) groups excluding carboxylic acids is 1. The minimum atomic E-state index is 0.338. The highest BCUT2D eigenvalue weighted by molar-refractivity contribution is 7.99. The topological polar surface area (TPSA) is 20.3 Å². The van der Waals surface area contributed by atoms with Crippen LogP contribution in [0.5, 0.6) is 0 Å². The lowest BCUT2D eigenvalue weighted by Crippen LogP contribution is -2.30. The molecule has 1 aliphatic carbocycles. The molecule has 3 heteroatoms. The first kappa shape index (κ1) is 9.38. The Balaban J connectivity index is 1.92. The van der Waals surface area contributed by atoms with Crippen LogP contribution in [-0.2, 0) is 4.79 Å². The SMILES string of the molecule is CCC1(C)CC1C(=O)N1CCSC1. The van der Waals surface area contributed by atoms with E-state index in [1.54, 1.807) is 0 Å². The monoisotopic (exact) mass is 199 g/mol. The van der Waals surface area contributed by atoms with E-state index in [0.717, 1.165) is 31.0 Å². The lowest BCUT2D eigenvalue weighted by atomic mass is 10.0. The summed E-state index contributed by atoms with van der Waals surface area (Å²) < 4.78 is 0. The molecular weight excluding hydrogens is 182 g/mol. The second-order valence-corrected chi connectivity index (χ2v) is 5.48. The molecule has 1 amide bonds. The van der Waals surface area contributed by atoms with Gasteiger partial charge in [0.05, 0.1) is 5.88 Å². The largest absolute Gasteiger partial charge is 0.332 e. The quantitative estimate of drug-likeness (QED) is 0.677. The summed E-state index contributed by atoms with van der Waals surface area (Å²) in [4.78, 5) is 13.9. The molecule has 2 rings (SSSR count). The van der Waals surface area contributed by atoms with Crippen LogP contribution in [0, 0.1) is 11.3 Å². The summed E-state index contributed by atoms with van der Waals surface area (Å²) in [6, 6.07) is 0. The van der Waals surface area contributed by atoms with E-state index in [-0.39, 0.29) is 0 Å². The highest BCUT2D eigenvalue weighted by Crippen LogP contribution is 2.55. The molecule has 0 radical (unpaired) electrons. The van der Waals surface area contributed by atoms with E-state index in [2.05, 4.69) is 13.8 Å². The summed E-state index contributed by atoms with van der Waals surface area (Å²) in [5.74, 6) is 2.81. The summed E-state index contributed by atoms with van der Waals surface area (Å²) in [5.41, 5.74) is 0.338. The van der Waals surface area contributed by atoms with E-state index in [1.807, 2.05) is 16.7 Å². The van der Waals surface area contributed by atoms with E-state index in [1.165, 1.54) is 0 Å². The standard InChI is InChI=1S/C10H17NOS/c1-3-10(2)6-8(10)9(12)11-4-5-13-7-11/h8H,3-7H2,1-2H3. The molecule has 2 atom stereocenters. The third kappa shape index (κ3) is 1.58. The average Bonchev–Trinajstić information content (AvgIpc) is 2.62. The summed E-state index contributed by atoms with van der Waals surface area (Å²) >= 11 is 1.87. The Morgan fingerprint density at radius 2 is 2.46 bits per heavy atom. The molecule has 2 nitrogen and oxygen atoms in total. The smallest absolute Gasteiger partial charge is 0.226 e. The van der Waals surface area contributed by atoms with Gasteiger partial charge in [-0.25, -0.2) is 0 Å². The van der Waals surface area contributed by atoms with Gasteiger partial charge in [-0.05, 0) is 18.3 Å². The van der Waals surface area contributed by atoms with Gasteiger partial charge in [0.1, 0.15) is 0 Å². The number of amides is 1. The van der Waals surface area contributed by atoms with E-state index in [0.29, 0.717) is 17.2 Å². The zero-order chi connectivity index (χ0) is 9.47. The average molecular weight is 199 g/mol. The Morgan fingerprint density at radius 1 is 1.69 bits per heavy atom. The van der Waals surface area contributed by atoms with E-state index in [9.17, 15) is 4.79 Å². The molecule has 0 aromatic heterocycles. The molecule has 0 aromatic rings.